The lowest BCUT2D eigenvalue weighted by molar-refractivity contribution is -0.138. The van der Waals surface area contributed by atoms with E-state index >= 15 is 0 Å². The fraction of sp³-hybridized carbons (Fsp3) is 0.417. The molecule has 0 spiro atoms. The summed E-state index contributed by atoms with van der Waals surface area (Å²) in [6.45, 7) is 3.98. The van der Waals surface area contributed by atoms with Gasteiger partial charge in [0.25, 0.3) is 0 Å². The van der Waals surface area contributed by atoms with Gasteiger partial charge in [-0.1, -0.05) is 59.8 Å². The van der Waals surface area contributed by atoms with Crippen molar-refractivity contribution < 1.29 is 9.59 Å². The van der Waals surface area contributed by atoms with E-state index < -0.39 is 6.04 Å². The summed E-state index contributed by atoms with van der Waals surface area (Å²) >= 11 is 14.2. The zero-order chi connectivity index (χ0) is 22.4. The number of carbonyl (C=O) groups is 2. The van der Waals surface area contributed by atoms with Crippen molar-refractivity contribution in [3.8, 4) is 0 Å². The van der Waals surface area contributed by atoms with E-state index in [0.29, 0.717) is 15.6 Å². The molecule has 3 rings (SSSR count). The molecule has 2 aromatic carbocycles. The fourth-order valence-electron chi connectivity index (χ4n) is 3.69. The number of carbonyl (C=O) groups excluding carboxylic acids is 2. The number of hydrogen-bond donors (Lipinski definition) is 1. The van der Waals surface area contributed by atoms with Crippen molar-refractivity contribution in [2.45, 2.75) is 63.1 Å². The van der Waals surface area contributed by atoms with Gasteiger partial charge < -0.3 is 10.2 Å². The van der Waals surface area contributed by atoms with Crippen molar-refractivity contribution in [3.63, 3.8) is 0 Å². The molecule has 1 aliphatic carbocycles. The van der Waals surface area contributed by atoms with Crippen LogP contribution in [-0.4, -0.2) is 34.6 Å². The van der Waals surface area contributed by atoms with Gasteiger partial charge in [0, 0.05) is 33.1 Å². The molecule has 1 saturated carbocycles. The molecular weight excluding hydrogens is 451 g/mol. The van der Waals surface area contributed by atoms with Gasteiger partial charge >= 0.3 is 0 Å². The van der Waals surface area contributed by atoms with Gasteiger partial charge in [-0.25, -0.2) is 0 Å². The van der Waals surface area contributed by atoms with E-state index in [1.165, 1.54) is 17.3 Å². The van der Waals surface area contributed by atoms with Crippen molar-refractivity contribution >= 4 is 46.8 Å². The van der Waals surface area contributed by atoms with Crippen LogP contribution in [0.2, 0.25) is 10.0 Å². The Morgan fingerprint density at radius 2 is 1.71 bits per heavy atom. The molecule has 2 aromatic rings. The molecule has 1 aliphatic rings. The minimum Gasteiger partial charge on any atom is -0.352 e. The van der Waals surface area contributed by atoms with Crippen LogP contribution in [0, 0.1) is 6.92 Å². The second-order valence-corrected chi connectivity index (χ2v) is 9.85. The van der Waals surface area contributed by atoms with Crippen LogP contribution in [0.4, 0.5) is 0 Å². The second kappa shape index (κ2) is 11.3. The highest BCUT2D eigenvalue weighted by molar-refractivity contribution is 8.00. The predicted molar refractivity (Wildman–Crippen MR) is 129 cm³/mol. The monoisotopic (exact) mass is 478 g/mol. The summed E-state index contributed by atoms with van der Waals surface area (Å²) in [5.74, 6) is -0.0361. The number of nitrogens with zero attached hydrogens (tertiary/aromatic N) is 1. The third kappa shape index (κ3) is 6.64. The molecule has 0 bridgehead atoms. The van der Waals surface area contributed by atoms with E-state index in [-0.39, 0.29) is 30.2 Å². The first-order chi connectivity index (χ1) is 14.8. The molecule has 0 aromatic heterocycles. The Morgan fingerprint density at radius 3 is 2.32 bits per heavy atom. The number of amides is 2. The number of halogens is 2. The average Bonchev–Trinajstić information content (AvgIpc) is 3.25. The lowest BCUT2D eigenvalue weighted by atomic mass is 10.1. The van der Waals surface area contributed by atoms with Crippen molar-refractivity contribution in [3.05, 3.63) is 63.6 Å². The maximum absolute atomic E-state index is 13.2. The number of hydrogen-bond acceptors (Lipinski definition) is 3. The normalized spacial score (nSPS) is 15.0. The van der Waals surface area contributed by atoms with E-state index in [4.69, 9.17) is 23.2 Å². The van der Waals surface area contributed by atoms with Crippen LogP contribution in [0.25, 0.3) is 0 Å². The third-order valence-corrected chi connectivity index (χ3v) is 7.35. The quantitative estimate of drug-likeness (QED) is 0.482. The molecule has 1 N–H and O–H groups in total. The molecule has 0 unspecified atom stereocenters. The predicted octanol–water partition coefficient (Wildman–Crippen LogP) is 5.87. The lowest BCUT2D eigenvalue weighted by Crippen LogP contribution is -2.50. The standard InChI is InChI=1S/C24H28Cl2N2O2S/c1-16-10-12-19(13-11-16)31-15-23(29)28(14-20-21(25)8-5-9-22(20)26)17(2)24(30)27-18-6-3-4-7-18/h5,8-13,17-18H,3-4,6-7,14-15H2,1-2H3,(H,27,30)/t17-/m1/s1. The summed E-state index contributed by atoms with van der Waals surface area (Å²) in [5, 5.41) is 4.08. The smallest absolute Gasteiger partial charge is 0.242 e. The summed E-state index contributed by atoms with van der Waals surface area (Å²) in [7, 11) is 0. The molecule has 166 valence electrons. The Labute approximate surface area is 198 Å². The Bertz CT molecular complexity index is 894. The summed E-state index contributed by atoms with van der Waals surface area (Å²) in [5.41, 5.74) is 1.82. The number of nitrogens with one attached hydrogen (secondary N) is 1. The van der Waals surface area contributed by atoms with Crippen LogP contribution >= 0.6 is 35.0 Å². The summed E-state index contributed by atoms with van der Waals surface area (Å²) in [6.07, 6.45) is 4.24. The van der Waals surface area contributed by atoms with Crippen molar-refractivity contribution in [2.75, 3.05) is 5.75 Å². The van der Waals surface area contributed by atoms with Crippen molar-refractivity contribution in [2.24, 2.45) is 0 Å². The van der Waals surface area contributed by atoms with Crippen LogP contribution < -0.4 is 5.32 Å². The van der Waals surface area contributed by atoms with Gasteiger partial charge in [0.2, 0.25) is 11.8 Å². The molecule has 31 heavy (non-hydrogen) atoms. The number of benzene rings is 2. The minimum absolute atomic E-state index is 0.129. The topological polar surface area (TPSA) is 49.4 Å². The molecule has 0 saturated heterocycles. The highest BCUT2D eigenvalue weighted by Gasteiger charge is 2.29. The lowest BCUT2D eigenvalue weighted by Gasteiger charge is -2.30. The van der Waals surface area contributed by atoms with E-state index in [9.17, 15) is 9.59 Å². The molecule has 0 heterocycles. The molecule has 4 nitrogen and oxygen atoms in total. The van der Waals surface area contributed by atoms with Gasteiger partial charge in [-0.2, -0.15) is 0 Å². The fourth-order valence-corrected chi connectivity index (χ4v) is 4.99. The Hall–Kier alpha value is -1.69. The van der Waals surface area contributed by atoms with Crippen LogP contribution in [0.3, 0.4) is 0 Å². The number of rotatable bonds is 8. The Kier molecular flexibility index (Phi) is 8.70. The van der Waals surface area contributed by atoms with Crippen LogP contribution in [0.15, 0.2) is 47.4 Å². The maximum atomic E-state index is 13.2. The van der Waals surface area contributed by atoms with Crippen LogP contribution in [0.5, 0.6) is 0 Å². The van der Waals surface area contributed by atoms with Gasteiger partial charge in [-0.15, -0.1) is 11.8 Å². The number of aryl methyl sites for hydroxylation is 1. The van der Waals surface area contributed by atoms with E-state index in [1.807, 2.05) is 31.2 Å². The SMILES string of the molecule is Cc1ccc(SCC(=O)N(Cc2c(Cl)cccc2Cl)[C@H](C)C(=O)NC2CCCC2)cc1. The van der Waals surface area contributed by atoms with E-state index in [1.54, 1.807) is 30.0 Å². The molecule has 1 fully saturated rings. The Balaban J connectivity index is 1.75. The second-order valence-electron chi connectivity index (χ2n) is 7.99. The molecule has 2 amide bonds. The molecule has 0 radical (unpaired) electrons. The number of thioether (sulfide) groups is 1. The zero-order valence-electron chi connectivity index (χ0n) is 17.9. The summed E-state index contributed by atoms with van der Waals surface area (Å²) in [4.78, 5) is 28.8. The maximum Gasteiger partial charge on any atom is 0.242 e. The van der Waals surface area contributed by atoms with E-state index in [2.05, 4.69) is 5.32 Å². The van der Waals surface area contributed by atoms with Crippen LogP contribution in [-0.2, 0) is 16.1 Å². The van der Waals surface area contributed by atoms with Crippen LogP contribution in [0.1, 0.15) is 43.7 Å². The first-order valence-electron chi connectivity index (χ1n) is 10.6. The Morgan fingerprint density at radius 1 is 1.10 bits per heavy atom. The van der Waals surface area contributed by atoms with Gasteiger partial charge in [-0.05, 0) is 51.0 Å². The van der Waals surface area contributed by atoms with Gasteiger partial charge in [0.15, 0.2) is 0 Å². The van der Waals surface area contributed by atoms with Crippen molar-refractivity contribution in [1.29, 1.82) is 0 Å². The van der Waals surface area contributed by atoms with Crippen molar-refractivity contribution in [1.82, 2.24) is 10.2 Å². The highest BCUT2D eigenvalue weighted by atomic mass is 35.5. The first kappa shape index (κ1) is 24.0. The molecule has 7 heteroatoms. The average molecular weight is 479 g/mol. The highest BCUT2D eigenvalue weighted by Crippen LogP contribution is 2.28. The first-order valence-corrected chi connectivity index (χ1v) is 12.3. The summed E-state index contributed by atoms with van der Waals surface area (Å²) in [6, 6.07) is 12.9. The largest absolute Gasteiger partial charge is 0.352 e. The van der Waals surface area contributed by atoms with E-state index in [0.717, 1.165) is 30.6 Å². The molecule has 1 atom stereocenters. The third-order valence-electron chi connectivity index (χ3n) is 5.64. The minimum atomic E-state index is -0.626. The van der Waals surface area contributed by atoms with Gasteiger partial charge in [-0.3, -0.25) is 9.59 Å². The molecular formula is C24H28Cl2N2O2S. The van der Waals surface area contributed by atoms with Gasteiger partial charge in [0.1, 0.15) is 6.04 Å². The summed E-state index contributed by atoms with van der Waals surface area (Å²) < 4.78 is 0. The molecule has 0 aliphatic heterocycles. The zero-order valence-corrected chi connectivity index (χ0v) is 20.2. The van der Waals surface area contributed by atoms with Gasteiger partial charge in [0.05, 0.1) is 5.75 Å².